The van der Waals surface area contributed by atoms with Gasteiger partial charge < -0.3 is 5.32 Å². The molecule has 1 aliphatic rings. The number of aryl methyl sites for hydroxylation is 1. The molecule has 20 heavy (non-hydrogen) atoms. The Labute approximate surface area is 124 Å². The van der Waals surface area contributed by atoms with Gasteiger partial charge in [0.1, 0.15) is 0 Å². The Bertz CT molecular complexity index is 585. The van der Waals surface area contributed by atoms with Gasteiger partial charge >= 0.3 is 0 Å². The number of aliphatic imine (C=N–C) groups is 1. The maximum absolute atomic E-state index is 11.9. The van der Waals surface area contributed by atoms with E-state index in [2.05, 4.69) is 10.3 Å². The zero-order valence-electron chi connectivity index (χ0n) is 11.6. The predicted molar refractivity (Wildman–Crippen MR) is 83.0 cm³/mol. The van der Waals surface area contributed by atoms with E-state index in [4.69, 9.17) is 11.6 Å². The van der Waals surface area contributed by atoms with Crippen LogP contribution in [0, 0.1) is 12.8 Å². The van der Waals surface area contributed by atoms with Crippen LogP contribution in [0.4, 0.5) is 0 Å². The molecule has 0 radical (unpaired) electrons. The van der Waals surface area contributed by atoms with Gasteiger partial charge in [0, 0.05) is 18.3 Å². The molecule has 2 rings (SSSR count). The average molecular weight is 289 g/mol. The zero-order valence-corrected chi connectivity index (χ0v) is 12.3. The minimum Gasteiger partial charge on any atom is -0.356 e. The van der Waals surface area contributed by atoms with E-state index in [-0.39, 0.29) is 11.8 Å². The number of hydrogen-bond donors (Lipinski definition) is 1. The lowest BCUT2D eigenvalue weighted by Crippen LogP contribution is -2.28. The average Bonchev–Trinajstić information content (AvgIpc) is 2.62. The topological polar surface area (TPSA) is 41.5 Å². The highest BCUT2D eigenvalue weighted by atomic mass is 35.5. The zero-order chi connectivity index (χ0) is 14.5. The maximum atomic E-state index is 11.9. The van der Waals surface area contributed by atoms with Crippen molar-refractivity contribution in [1.82, 2.24) is 5.32 Å². The summed E-state index contributed by atoms with van der Waals surface area (Å²) in [6.45, 7) is 4.51. The summed E-state index contributed by atoms with van der Waals surface area (Å²) in [6, 6.07) is 7.98. The minimum absolute atomic E-state index is 0.0674. The van der Waals surface area contributed by atoms with E-state index < -0.39 is 0 Å². The number of nitrogens with zero attached hydrogens (tertiary/aromatic N) is 1. The van der Waals surface area contributed by atoms with Crippen LogP contribution in [-0.4, -0.2) is 18.2 Å². The van der Waals surface area contributed by atoms with Crippen LogP contribution in [0.1, 0.15) is 18.1 Å². The largest absolute Gasteiger partial charge is 0.356 e. The van der Waals surface area contributed by atoms with Gasteiger partial charge in [-0.05, 0) is 26.0 Å². The molecule has 1 aromatic carbocycles. The van der Waals surface area contributed by atoms with E-state index >= 15 is 0 Å². The van der Waals surface area contributed by atoms with Gasteiger partial charge in [-0.15, -0.1) is 0 Å². The number of rotatable bonds is 3. The van der Waals surface area contributed by atoms with Crippen LogP contribution in [-0.2, 0) is 4.79 Å². The lowest BCUT2D eigenvalue weighted by atomic mass is 10.0. The van der Waals surface area contributed by atoms with Crippen molar-refractivity contribution in [2.45, 2.75) is 13.8 Å². The number of allylic oxidation sites excluding steroid dienone is 1. The highest BCUT2D eigenvalue weighted by Crippen LogP contribution is 2.20. The second kappa shape index (κ2) is 6.53. The highest BCUT2D eigenvalue weighted by molar-refractivity contribution is 6.46. The van der Waals surface area contributed by atoms with Gasteiger partial charge in [0.05, 0.1) is 16.7 Å². The number of halogens is 1. The Morgan fingerprint density at radius 3 is 2.70 bits per heavy atom. The van der Waals surface area contributed by atoms with Crippen molar-refractivity contribution in [3.8, 4) is 0 Å². The maximum Gasteiger partial charge on any atom is 0.230 e. The normalized spacial score (nSPS) is 18.1. The summed E-state index contributed by atoms with van der Waals surface area (Å²) >= 11 is 6.31. The standard InChI is InChI=1S/C16H17ClN2O/c1-3-18-16(20)13-8-9-19-15(14(17)10-13)12-6-4-11(2)5-7-12/h4-10,13H,3H2,1-2H3,(H,18,20). The van der Waals surface area contributed by atoms with Gasteiger partial charge in [0.15, 0.2) is 0 Å². The summed E-state index contributed by atoms with van der Waals surface area (Å²) < 4.78 is 0. The number of amides is 1. The Kier molecular flexibility index (Phi) is 4.74. The van der Waals surface area contributed by atoms with E-state index in [1.165, 1.54) is 5.56 Å². The molecule has 1 heterocycles. The van der Waals surface area contributed by atoms with E-state index in [0.717, 1.165) is 5.56 Å². The Morgan fingerprint density at radius 2 is 2.05 bits per heavy atom. The number of nitrogens with one attached hydrogen (secondary N) is 1. The molecule has 0 bridgehead atoms. The summed E-state index contributed by atoms with van der Waals surface area (Å²) in [6.07, 6.45) is 5.12. The number of benzene rings is 1. The molecular formula is C16H17ClN2O. The molecule has 1 unspecified atom stereocenters. The van der Waals surface area contributed by atoms with Gasteiger partial charge in [-0.25, -0.2) is 0 Å². The molecule has 1 N–H and O–H groups in total. The molecule has 1 aromatic rings. The molecule has 0 spiro atoms. The summed E-state index contributed by atoms with van der Waals surface area (Å²) in [7, 11) is 0. The van der Waals surface area contributed by atoms with Crippen molar-refractivity contribution in [1.29, 1.82) is 0 Å². The van der Waals surface area contributed by atoms with Gasteiger partial charge in [-0.3, -0.25) is 9.79 Å². The van der Waals surface area contributed by atoms with E-state index in [0.29, 0.717) is 17.3 Å². The molecule has 1 atom stereocenters. The molecule has 3 nitrogen and oxygen atoms in total. The van der Waals surface area contributed by atoms with Crippen LogP contribution >= 0.6 is 11.6 Å². The summed E-state index contributed by atoms with van der Waals surface area (Å²) in [5, 5.41) is 3.28. The fourth-order valence-corrected chi connectivity index (χ4v) is 2.24. The monoisotopic (exact) mass is 288 g/mol. The molecule has 0 saturated heterocycles. The summed E-state index contributed by atoms with van der Waals surface area (Å²) in [5.41, 5.74) is 2.81. The van der Waals surface area contributed by atoms with E-state index in [1.54, 1.807) is 18.4 Å². The molecule has 1 amide bonds. The van der Waals surface area contributed by atoms with Gasteiger partial charge in [0.2, 0.25) is 5.91 Å². The molecule has 0 saturated carbocycles. The smallest absolute Gasteiger partial charge is 0.230 e. The van der Waals surface area contributed by atoms with Crippen LogP contribution < -0.4 is 5.32 Å². The van der Waals surface area contributed by atoms with Gasteiger partial charge in [-0.2, -0.15) is 0 Å². The fraction of sp³-hybridized carbons (Fsp3) is 0.250. The molecule has 1 aliphatic heterocycles. The molecule has 104 valence electrons. The third-order valence-electron chi connectivity index (χ3n) is 3.03. The Balaban J connectivity index is 2.27. The Morgan fingerprint density at radius 1 is 1.35 bits per heavy atom. The first kappa shape index (κ1) is 14.5. The van der Waals surface area contributed by atoms with Crippen molar-refractivity contribution < 1.29 is 4.79 Å². The second-order valence-electron chi connectivity index (χ2n) is 4.62. The van der Waals surface area contributed by atoms with Crippen LogP contribution in [0.5, 0.6) is 0 Å². The summed E-state index contributed by atoms with van der Waals surface area (Å²) in [5.74, 6) is -0.448. The minimum atomic E-state index is -0.380. The van der Waals surface area contributed by atoms with Crippen LogP contribution in [0.2, 0.25) is 0 Å². The van der Waals surface area contributed by atoms with E-state index in [9.17, 15) is 4.79 Å². The number of carbonyl (C=O) groups excluding carboxylic acids is 1. The first-order valence-electron chi connectivity index (χ1n) is 6.58. The van der Waals surface area contributed by atoms with Crippen molar-refractivity contribution in [2.75, 3.05) is 6.54 Å². The third-order valence-corrected chi connectivity index (χ3v) is 3.33. The molecule has 0 fully saturated rings. The first-order valence-corrected chi connectivity index (χ1v) is 6.96. The molecule has 4 heteroatoms. The van der Waals surface area contributed by atoms with E-state index in [1.807, 2.05) is 38.1 Å². The second-order valence-corrected chi connectivity index (χ2v) is 5.03. The fourth-order valence-electron chi connectivity index (χ4n) is 1.94. The lowest BCUT2D eigenvalue weighted by Gasteiger charge is -2.08. The SMILES string of the molecule is CCNC(=O)C1C=CN=C(c2ccc(C)cc2)C(Cl)=C1. The molecule has 0 aliphatic carbocycles. The van der Waals surface area contributed by atoms with Crippen LogP contribution in [0.3, 0.4) is 0 Å². The van der Waals surface area contributed by atoms with Gasteiger partial charge in [-0.1, -0.05) is 41.4 Å². The van der Waals surface area contributed by atoms with Crippen molar-refractivity contribution >= 4 is 23.2 Å². The van der Waals surface area contributed by atoms with Crippen LogP contribution in [0.25, 0.3) is 0 Å². The predicted octanol–water partition coefficient (Wildman–Crippen LogP) is 3.19. The van der Waals surface area contributed by atoms with Crippen molar-refractivity contribution in [3.05, 3.63) is 58.8 Å². The third kappa shape index (κ3) is 3.36. The number of carbonyl (C=O) groups is 1. The molecule has 0 aromatic heterocycles. The highest BCUT2D eigenvalue weighted by Gasteiger charge is 2.17. The Hall–Kier alpha value is -1.87. The van der Waals surface area contributed by atoms with Gasteiger partial charge in [0.25, 0.3) is 0 Å². The lowest BCUT2D eigenvalue weighted by molar-refractivity contribution is -0.122. The van der Waals surface area contributed by atoms with Crippen molar-refractivity contribution in [2.24, 2.45) is 10.9 Å². The number of hydrogen-bond acceptors (Lipinski definition) is 2. The first-order chi connectivity index (χ1) is 9.61. The van der Waals surface area contributed by atoms with Crippen LogP contribution in [0.15, 0.2) is 52.6 Å². The molecular weight excluding hydrogens is 272 g/mol. The van der Waals surface area contributed by atoms with Crippen molar-refractivity contribution in [3.63, 3.8) is 0 Å². The summed E-state index contributed by atoms with van der Waals surface area (Å²) in [4.78, 5) is 16.2. The quantitative estimate of drug-likeness (QED) is 0.912.